The Morgan fingerprint density at radius 2 is 2.15 bits per heavy atom. The molecule has 0 amide bonds. The van der Waals surface area contributed by atoms with E-state index in [-0.39, 0.29) is 0 Å². The van der Waals surface area contributed by atoms with E-state index in [1.54, 1.807) is 0 Å². The number of nitrogens with one attached hydrogen (secondary N) is 1. The normalized spacial score (nSPS) is 21.5. The average molecular weight is 185 g/mol. The van der Waals surface area contributed by atoms with Gasteiger partial charge in [-0.25, -0.2) is 0 Å². The molecule has 0 saturated heterocycles. The summed E-state index contributed by atoms with van der Waals surface area (Å²) in [6.45, 7) is 6.55. The number of methoxy groups -OCH3 is 1. The van der Waals surface area contributed by atoms with Gasteiger partial charge in [-0.2, -0.15) is 0 Å². The van der Waals surface area contributed by atoms with Crippen LogP contribution in [0.4, 0.5) is 0 Å². The Balaban J connectivity index is 2.25. The lowest BCUT2D eigenvalue weighted by Gasteiger charge is -2.24. The Morgan fingerprint density at radius 1 is 1.46 bits per heavy atom. The largest absolute Gasteiger partial charge is 0.384 e. The quantitative estimate of drug-likeness (QED) is 0.655. The predicted octanol–water partition coefficient (Wildman–Crippen LogP) is 2.05. The molecule has 2 heteroatoms. The summed E-state index contributed by atoms with van der Waals surface area (Å²) in [6, 6.07) is 0.618. The molecule has 1 fully saturated rings. The van der Waals surface area contributed by atoms with Crippen LogP contribution in [-0.2, 0) is 4.74 Å². The Kier molecular flexibility index (Phi) is 4.74. The first-order valence-electron chi connectivity index (χ1n) is 5.52. The highest BCUT2D eigenvalue weighted by Crippen LogP contribution is 2.38. The molecule has 0 heterocycles. The summed E-state index contributed by atoms with van der Waals surface area (Å²) in [5.74, 6) is 1.66. The average Bonchev–Trinajstić information content (AvgIpc) is 2.93. The lowest BCUT2D eigenvalue weighted by atomic mass is 9.96. The number of hydrogen-bond acceptors (Lipinski definition) is 2. The van der Waals surface area contributed by atoms with E-state index in [1.807, 2.05) is 7.11 Å². The van der Waals surface area contributed by atoms with Crippen molar-refractivity contribution < 1.29 is 4.74 Å². The van der Waals surface area contributed by atoms with E-state index in [0.717, 1.165) is 25.0 Å². The van der Waals surface area contributed by atoms with E-state index < -0.39 is 0 Å². The molecule has 1 rings (SSSR count). The number of ether oxygens (including phenoxy) is 1. The molecule has 13 heavy (non-hydrogen) atoms. The zero-order valence-electron chi connectivity index (χ0n) is 9.18. The fourth-order valence-electron chi connectivity index (χ4n) is 1.93. The molecular weight excluding hydrogens is 162 g/mol. The van der Waals surface area contributed by atoms with Crippen LogP contribution in [0, 0.1) is 11.8 Å². The first kappa shape index (κ1) is 11.0. The summed E-state index contributed by atoms with van der Waals surface area (Å²) in [4.78, 5) is 0. The van der Waals surface area contributed by atoms with Crippen LogP contribution in [0.3, 0.4) is 0 Å². The van der Waals surface area contributed by atoms with E-state index in [2.05, 4.69) is 19.2 Å². The van der Waals surface area contributed by atoms with Gasteiger partial charge in [0.2, 0.25) is 0 Å². The molecule has 2 atom stereocenters. The SMILES string of the molecule is CCCNC(C)C(COC)C1CC1. The standard InChI is InChI=1S/C11H23NO/c1-4-7-12-9(2)11(8-13-3)10-5-6-10/h9-12H,4-8H2,1-3H3. The van der Waals surface area contributed by atoms with Crippen LogP contribution in [0.5, 0.6) is 0 Å². The van der Waals surface area contributed by atoms with Crippen LogP contribution in [0.1, 0.15) is 33.1 Å². The van der Waals surface area contributed by atoms with Crippen LogP contribution in [-0.4, -0.2) is 26.3 Å². The van der Waals surface area contributed by atoms with E-state index in [4.69, 9.17) is 4.74 Å². The topological polar surface area (TPSA) is 21.3 Å². The van der Waals surface area contributed by atoms with Crippen molar-refractivity contribution in [3.05, 3.63) is 0 Å². The minimum absolute atomic E-state index is 0.618. The van der Waals surface area contributed by atoms with Crippen LogP contribution in [0.25, 0.3) is 0 Å². The van der Waals surface area contributed by atoms with E-state index in [0.29, 0.717) is 6.04 Å². The molecule has 0 radical (unpaired) electrons. The maximum Gasteiger partial charge on any atom is 0.0507 e. The van der Waals surface area contributed by atoms with Gasteiger partial charge in [0.1, 0.15) is 0 Å². The van der Waals surface area contributed by atoms with Gasteiger partial charge in [0.25, 0.3) is 0 Å². The molecular formula is C11H23NO. The maximum atomic E-state index is 5.27. The van der Waals surface area contributed by atoms with Crippen molar-refractivity contribution in [1.29, 1.82) is 0 Å². The summed E-state index contributed by atoms with van der Waals surface area (Å²) in [6.07, 6.45) is 4.03. The smallest absolute Gasteiger partial charge is 0.0507 e. The van der Waals surface area contributed by atoms with Crippen molar-refractivity contribution in [1.82, 2.24) is 5.32 Å². The lowest BCUT2D eigenvalue weighted by molar-refractivity contribution is 0.122. The van der Waals surface area contributed by atoms with Crippen molar-refractivity contribution in [2.45, 2.75) is 39.2 Å². The number of hydrogen-bond donors (Lipinski definition) is 1. The summed E-state index contributed by atoms with van der Waals surface area (Å²) in [7, 11) is 1.81. The Hall–Kier alpha value is -0.0800. The molecule has 0 aromatic rings. The second-order valence-corrected chi connectivity index (χ2v) is 4.20. The van der Waals surface area contributed by atoms with Crippen molar-refractivity contribution in [2.75, 3.05) is 20.3 Å². The van der Waals surface area contributed by atoms with Crippen LogP contribution < -0.4 is 5.32 Å². The van der Waals surface area contributed by atoms with Gasteiger partial charge in [-0.05, 0) is 38.6 Å². The highest BCUT2D eigenvalue weighted by Gasteiger charge is 2.34. The predicted molar refractivity (Wildman–Crippen MR) is 55.8 cm³/mol. The molecule has 2 nitrogen and oxygen atoms in total. The van der Waals surface area contributed by atoms with Gasteiger partial charge in [-0.3, -0.25) is 0 Å². The summed E-state index contributed by atoms with van der Waals surface area (Å²) in [5, 5.41) is 3.56. The fourth-order valence-corrected chi connectivity index (χ4v) is 1.93. The van der Waals surface area contributed by atoms with Crippen LogP contribution in [0.2, 0.25) is 0 Å². The highest BCUT2D eigenvalue weighted by molar-refractivity contribution is 4.86. The third-order valence-electron chi connectivity index (χ3n) is 2.95. The number of rotatable bonds is 7. The van der Waals surface area contributed by atoms with E-state index in [9.17, 15) is 0 Å². The van der Waals surface area contributed by atoms with E-state index >= 15 is 0 Å². The zero-order valence-corrected chi connectivity index (χ0v) is 9.18. The van der Waals surface area contributed by atoms with Crippen molar-refractivity contribution in [3.63, 3.8) is 0 Å². The first-order chi connectivity index (χ1) is 6.29. The molecule has 0 aliphatic heterocycles. The molecule has 0 spiro atoms. The molecule has 0 bridgehead atoms. The maximum absolute atomic E-state index is 5.27. The molecule has 1 aliphatic rings. The van der Waals surface area contributed by atoms with Gasteiger partial charge in [-0.15, -0.1) is 0 Å². The van der Waals surface area contributed by atoms with Gasteiger partial charge < -0.3 is 10.1 Å². The van der Waals surface area contributed by atoms with Crippen molar-refractivity contribution in [2.24, 2.45) is 11.8 Å². The third kappa shape index (κ3) is 3.65. The summed E-state index contributed by atoms with van der Waals surface area (Å²) in [5.41, 5.74) is 0. The van der Waals surface area contributed by atoms with Gasteiger partial charge in [0.05, 0.1) is 6.61 Å². The minimum atomic E-state index is 0.618. The van der Waals surface area contributed by atoms with E-state index in [1.165, 1.54) is 19.3 Å². The second kappa shape index (κ2) is 5.61. The molecule has 0 aromatic carbocycles. The van der Waals surface area contributed by atoms with Gasteiger partial charge in [-0.1, -0.05) is 6.92 Å². The molecule has 78 valence electrons. The Bertz CT molecular complexity index is 134. The fraction of sp³-hybridized carbons (Fsp3) is 1.00. The van der Waals surface area contributed by atoms with Crippen LogP contribution in [0.15, 0.2) is 0 Å². The highest BCUT2D eigenvalue weighted by atomic mass is 16.5. The summed E-state index contributed by atoms with van der Waals surface area (Å²) >= 11 is 0. The second-order valence-electron chi connectivity index (χ2n) is 4.20. The van der Waals surface area contributed by atoms with Crippen molar-refractivity contribution in [3.8, 4) is 0 Å². The Morgan fingerprint density at radius 3 is 2.62 bits per heavy atom. The Labute approximate surface area is 82.0 Å². The first-order valence-corrected chi connectivity index (χ1v) is 5.52. The van der Waals surface area contributed by atoms with Gasteiger partial charge in [0.15, 0.2) is 0 Å². The molecule has 1 aliphatic carbocycles. The molecule has 2 unspecified atom stereocenters. The summed E-state index contributed by atoms with van der Waals surface area (Å²) < 4.78 is 5.27. The zero-order chi connectivity index (χ0) is 9.68. The van der Waals surface area contributed by atoms with Gasteiger partial charge in [0, 0.05) is 19.1 Å². The lowest BCUT2D eigenvalue weighted by Crippen LogP contribution is -2.37. The van der Waals surface area contributed by atoms with Crippen LogP contribution >= 0.6 is 0 Å². The van der Waals surface area contributed by atoms with Gasteiger partial charge >= 0.3 is 0 Å². The third-order valence-corrected chi connectivity index (χ3v) is 2.95. The molecule has 1 N–H and O–H groups in total. The van der Waals surface area contributed by atoms with Crippen molar-refractivity contribution >= 4 is 0 Å². The minimum Gasteiger partial charge on any atom is -0.384 e. The monoisotopic (exact) mass is 185 g/mol. The molecule has 0 aromatic heterocycles. The molecule has 1 saturated carbocycles.